The summed E-state index contributed by atoms with van der Waals surface area (Å²) < 4.78 is 11.0. The van der Waals surface area contributed by atoms with Gasteiger partial charge in [0.05, 0.1) is 0 Å². The lowest BCUT2D eigenvalue weighted by Crippen LogP contribution is -2.20. The maximum atomic E-state index is 12.1. The molecule has 0 fully saturated rings. The zero-order chi connectivity index (χ0) is 17.0. The summed E-state index contributed by atoms with van der Waals surface area (Å²) in [6.45, 7) is 10.2. The number of benzene rings is 2. The predicted octanol–water partition coefficient (Wildman–Crippen LogP) is 4.59. The Bertz CT molecular complexity index is 676. The highest BCUT2D eigenvalue weighted by molar-refractivity contribution is 5.74. The normalized spacial score (nSPS) is 11.2. The first-order chi connectivity index (χ1) is 10.8. The Labute approximate surface area is 138 Å². The minimum absolute atomic E-state index is 0.0919. The van der Waals surface area contributed by atoms with E-state index in [9.17, 15) is 4.79 Å². The Morgan fingerprint density at radius 2 is 1.61 bits per heavy atom. The lowest BCUT2D eigenvalue weighted by atomic mass is 9.86. The molecule has 122 valence electrons. The second kappa shape index (κ2) is 6.86. The summed E-state index contributed by atoms with van der Waals surface area (Å²) in [5, 5.41) is 0. The van der Waals surface area contributed by atoms with Crippen LogP contribution in [0.15, 0.2) is 42.5 Å². The zero-order valence-corrected chi connectivity index (χ0v) is 14.5. The Morgan fingerprint density at radius 3 is 2.22 bits per heavy atom. The fraction of sp³-hybridized carbons (Fsp3) is 0.350. The zero-order valence-electron chi connectivity index (χ0n) is 14.5. The number of carbonyl (C=O) groups is 1. The predicted molar refractivity (Wildman–Crippen MR) is 92.2 cm³/mol. The summed E-state index contributed by atoms with van der Waals surface area (Å²) in [6, 6.07) is 13.5. The fourth-order valence-corrected chi connectivity index (χ4v) is 2.49. The summed E-state index contributed by atoms with van der Waals surface area (Å²) in [4.78, 5) is 12.1. The Morgan fingerprint density at radius 1 is 1.00 bits per heavy atom. The molecule has 0 bridgehead atoms. The molecule has 0 amide bonds. The van der Waals surface area contributed by atoms with E-state index in [1.165, 1.54) is 0 Å². The van der Waals surface area contributed by atoms with Gasteiger partial charge >= 0.3 is 5.97 Å². The molecule has 2 rings (SSSR count). The average molecular weight is 312 g/mol. The first-order valence-corrected chi connectivity index (χ1v) is 7.77. The monoisotopic (exact) mass is 312 g/mol. The third-order valence-corrected chi connectivity index (χ3v) is 3.47. The van der Waals surface area contributed by atoms with Crippen molar-refractivity contribution in [1.29, 1.82) is 0 Å². The van der Waals surface area contributed by atoms with Gasteiger partial charge in [0, 0.05) is 5.56 Å². The van der Waals surface area contributed by atoms with Gasteiger partial charge in [0.1, 0.15) is 11.5 Å². The molecule has 2 aromatic rings. The molecule has 2 aromatic carbocycles. The number of aryl methyl sites for hydroxylation is 2. The quantitative estimate of drug-likeness (QED) is 0.612. The molecule has 3 heteroatoms. The van der Waals surface area contributed by atoms with Crippen molar-refractivity contribution >= 4 is 5.97 Å². The van der Waals surface area contributed by atoms with Gasteiger partial charge in [0.2, 0.25) is 0 Å². The van der Waals surface area contributed by atoms with E-state index >= 15 is 0 Å². The third kappa shape index (κ3) is 4.85. The van der Waals surface area contributed by atoms with Crippen LogP contribution in [0, 0.1) is 13.8 Å². The Hall–Kier alpha value is -2.29. The van der Waals surface area contributed by atoms with Crippen molar-refractivity contribution in [3.05, 3.63) is 59.2 Å². The summed E-state index contributed by atoms with van der Waals surface area (Å²) in [5.41, 5.74) is 3.11. The van der Waals surface area contributed by atoms with Gasteiger partial charge in [0.15, 0.2) is 6.61 Å². The van der Waals surface area contributed by atoms with E-state index in [0.717, 1.165) is 16.7 Å². The molecule has 0 saturated heterocycles. The van der Waals surface area contributed by atoms with Crippen LogP contribution in [-0.2, 0) is 10.2 Å². The van der Waals surface area contributed by atoms with Gasteiger partial charge in [-0.25, -0.2) is 4.79 Å². The lowest BCUT2D eigenvalue weighted by molar-refractivity contribution is -0.136. The molecule has 23 heavy (non-hydrogen) atoms. The number of carbonyl (C=O) groups excluding carboxylic acids is 1. The molecular formula is C20H24O3. The van der Waals surface area contributed by atoms with E-state index in [2.05, 4.69) is 26.8 Å². The summed E-state index contributed by atoms with van der Waals surface area (Å²) in [5.74, 6) is 0.874. The fourth-order valence-electron chi connectivity index (χ4n) is 2.49. The summed E-state index contributed by atoms with van der Waals surface area (Å²) in [6.07, 6.45) is 0. The maximum absolute atomic E-state index is 12.1. The summed E-state index contributed by atoms with van der Waals surface area (Å²) >= 11 is 0. The first-order valence-electron chi connectivity index (χ1n) is 7.77. The van der Waals surface area contributed by atoms with Crippen LogP contribution >= 0.6 is 0 Å². The highest BCUT2D eigenvalue weighted by Gasteiger charge is 2.20. The highest BCUT2D eigenvalue weighted by Crippen LogP contribution is 2.31. The van der Waals surface area contributed by atoms with Crippen LogP contribution in [0.5, 0.6) is 11.5 Å². The van der Waals surface area contributed by atoms with Crippen molar-refractivity contribution in [2.75, 3.05) is 6.61 Å². The molecule has 0 atom stereocenters. The molecule has 0 aliphatic rings. The minimum Gasteiger partial charge on any atom is -0.482 e. The van der Waals surface area contributed by atoms with E-state index in [4.69, 9.17) is 9.47 Å². The molecule has 0 unspecified atom stereocenters. The van der Waals surface area contributed by atoms with Crippen molar-refractivity contribution < 1.29 is 14.3 Å². The molecule has 0 heterocycles. The number of rotatable bonds is 4. The average Bonchev–Trinajstić information content (AvgIpc) is 2.43. The van der Waals surface area contributed by atoms with Crippen LogP contribution in [0.1, 0.15) is 37.5 Å². The van der Waals surface area contributed by atoms with Crippen molar-refractivity contribution in [3.63, 3.8) is 0 Å². The van der Waals surface area contributed by atoms with Crippen LogP contribution in [-0.4, -0.2) is 12.6 Å². The van der Waals surface area contributed by atoms with Crippen molar-refractivity contribution in [2.24, 2.45) is 0 Å². The van der Waals surface area contributed by atoms with Crippen molar-refractivity contribution in [2.45, 2.75) is 40.0 Å². The molecule has 0 radical (unpaired) electrons. The number of ether oxygens (including phenoxy) is 2. The molecule has 0 spiro atoms. The van der Waals surface area contributed by atoms with Gasteiger partial charge < -0.3 is 9.47 Å². The van der Waals surface area contributed by atoms with Crippen LogP contribution in [0.3, 0.4) is 0 Å². The van der Waals surface area contributed by atoms with Gasteiger partial charge in [-0.1, -0.05) is 45.0 Å². The largest absolute Gasteiger partial charge is 0.482 e. The van der Waals surface area contributed by atoms with E-state index in [1.807, 2.05) is 50.2 Å². The number of hydrogen-bond acceptors (Lipinski definition) is 3. The number of esters is 1. The van der Waals surface area contributed by atoms with E-state index in [1.54, 1.807) is 0 Å². The highest BCUT2D eigenvalue weighted by atomic mass is 16.6. The van der Waals surface area contributed by atoms with Gasteiger partial charge in [-0.05, 0) is 48.6 Å². The van der Waals surface area contributed by atoms with Crippen LogP contribution < -0.4 is 9.47 Å². The van der Waals surface area contributed by atoms with Gasteiger partial charge in [-0.3, -0.25) is 0 Å². The summed E-state index contributed by atoms with van der Waals surface area (Å²) in [7, 11) is 0. The third-order valence-electron chi connectivity index (χ3n) is 3.47. The number of para-hydroxylation sites is 1. The molecule has 0 N–H and O–H groups in total. The van der Waals surface area contributed by atoms with Gasteiger partial charge in [-0.15, -0.1) is 0 Å². The van der Waals surface area contributed by atoms with Gasteiger partial charge in [-0.2, -0.15) is 0 Å². The molecule has 0 aliphatic heterocycles. The van der Waals surface area contributed by atoms with Crippen molar-refractivity contribution in [3.8, 4) is 11.5 Å². The number of hydrogen-bond donors (Lipinski definition) is 0. The Kier molecular flexibility index (Phi) is 5.09. The molecule has 0 aliphatic carbocycles. The second-order valence-corrected chi connectivity index (χ2v) is 6.83. The topological polar surface area (TPSA) is 35.5 Å². The van der Waals surface area contributed by atoms with Crippen molar-refractivity contribution in [1.82, 2.24) is 0 Å². The molecular weight excluding hydrogens is 288 g/mol. The van der Waals surface area contributed by atoms with Crippen LogP contribution in [0.2, 0.25) is 0 Å². The molecule has 3 nitrogen and oxygen atoms in total. The molecule has 0 aromatic heterocycles. The first kappa shape index (κ1) is 17.1. The molecule has 0 saturated carbocycles. The van der Waals surface area contributed by atoms with Crippen LogP contribution in [0.25, 0.3) is 0 Å². The smallest absolute Gasteiger partial charge is 0.349 e. The van der Waals surface area contributed by atoms with E-state index < -0.39 is 5.97 Å². The Balaban J connectivity index is 2.03. The minimum atomic E-state index is -0.402. The SMILES string of the molecule is Cc1cc(C)cc(OCC(=O)Oc2ccccc2C(C)(C)C)c1. The van der Waals surface area contributed by atoms with E-state index in [-0.39, 0.29) is 12.0 Å². The lowest BCUT2D eigenvalue weighted by Gasteiger charge is -2.22. The van der Waals surface area contributed by atoms with Crippen LogP contribution in [0.4, 0.5) is 0 Å². The van der Waals surface area contributed by atoms with E-state index in [0.29, 0.717) is 11.5 Å². The standard InChI is InChI=1S/C20H24O3/c1-14-10-15(2)12-16(11-14)22-13-19(21)23-18-9-7-6-8-17(18)20(3,4)5/h6-12H,13H2,1-5H3. The second-order valence-electron chi connectivity index (χ2n) is 6.83. The van der Waals surface area contributed by atoms with Gasteiger partial charge in [0.25, 0.3) is 0 Å². The maximum Gasteiger partial charge on any atom is 0.349 e.